The summed E-state index contributed by atoms with van der Waals surface area (Å²) in [5.41, 5.74) is 0.786. The number of phenolic OH excluding ortho intramolecular Hbond substituents is 1. The maximum atomic E-state index is 12.1. The van der Waals surface area contributed by atoms with E-state index >= 15 is 0 Å². The fourth-order valence-corrected chi connectivity index (χ4v) is 2.34. The third kappa shape index (κ3) is 3.08. The summed E-state index contributed by atoms with van der Waals surface area (Å²) in [7, 11) is 3.15. The van der Waals surface area contributed by atoms with E-state index in [1.807, 2.05) is 12.1 Å². The SMILES string of the molecule is COc1cc(/C=C/c2nc3c(O)cccc3c(=O)[nH]2)cc(OC)c1. The fourth-order valence-electron chi connectivity index (χ4n) is 2.34. The first kappa shape index (κ1) is 15.6. The Morgan fingerprint density at radius 3 is 2.46 bits per heavy atom. The summed E-state index contributed by atoms with van der Waals surface area (Å²) in [5.74, 6) is 1.63. The molecule has 1 aromatic heterocycles. The molecule has 2 N–H and O–H groups in total. The minimum atomic E-state index is -0.307. The second kappa shape index (κ2) is 6.45. The number of benzene rings is 2. The molecule has 24 heavy (non-hydrogen) atoms. The molecular formula is C18H16N2O4. The molecule has 0 radical (unpaired) electrons. The second-order valence-electron chi connectivity index (χ2n) is 5.10. The van der Waals surface area contributed by atoms with Gasteiger partial charge in [0.05, 0.1) is 19.6 Å². The third-order valence-corrected chi connectivity index (χ3v) is 3.54. The van der Waals surface area contributed by atoms with Crippen LogP contribution in [-0.4, -0.2) is 29.3 Å². The minimum Gasteiger partial charge on any atom is -0.506 e. The molecule has 0 saturated heterocycles. The van der Waals surface area contributed by atoms with Gasteiger partial charge in [-0.1, -0.05) is 12.1 Å². The van der Waals surface area contributed by atoms with E-state index < -0.39 is 0 Å². The van der Waals surface area contributed by atoms with Crippen molar-refractivity contribution < 1.29 is 14.6 Å². The number of fused-ring (bicyclic) bond motifs is 1. The number of nitrogens with zero attached hydrogens (tertiary/aromatic N) is 1. The fraction of sp³-hybridized carbons (Fsp3) is 0.111. The molecule has 0 amide bonds. The molecule has 0 aliphatic carbocycles. The number of methoxy groups -OCH3 is 2. The molecule has 0 saturated carbocycles. The number of H-pyrrole nitrogens is 1. The largest absolute Gasteiger partial charge is 0.506 e. The molecule has 0 bridgehead atoms. The Kier molecular flexibility index (Phi) is 4.20. The number of nitrogens with one attached hydrogen (secondary N) is 1. The Bertz CT molecular complexity index is 954. The van der Waals surface area contributed by atoms with E-state index in [0.29, 0.717) is 22.7 Å². The summed E-state index contributed by atoms with van der Waals surface area (Å²) in [4.78, 5) is 19.0. The van der Waals surface area contributed by atoms with E-state index in [4.69, 9.17) is 9.47 Å². The van der Waals surface area contributed by atoms with Crippen molar-refractivity contribution in [1.29, 1.82) is 0 Å². The number of rotatable bonds is 4. The predicted octanol–water partition coefficient (Wildman–Crippen LogP) is 2.82. The Labute approximate surface area is 138 Å². The Morgan fingerprint density at radius 1 is 1.08 bits per heavy atom. The molecule has 122 valence electrons. The summed E-state index contributed by atoms with van der Waals surface area (Å²) >= 11 is 0. The summed E-state index contributed by atoms with van der Waals surface area (Å²) in [6, 6.07) is 10.1. The lowest BCUT2D eigenvalue weighted by Crippen LogP contribution is -2.09. The van der Waals surface area contributed by atoms with Crippen molar-refractivity contribution in [3.8, 4) is 17.2 Å². The van der Waals surface area contributed by atoms with Crippen molar-refractivity contribution >= 4 is 23.1 Å². The van der Waals surface area contributed by atoms with Gasteiger partial charge in [0.15, 0.2) is 0 Å². The average Bonchev–Trinajstić information content (AvgIpc) is 2.60. The van der Waals surface area contributed by atoms with Gasteiger partial charge in [-0.25, -0.2) is 4.98 Å². The zero-order valence-corrected chi connectivity index (χ0v) is 13.2. The molecule has 3 rings (SSSR count). The molecule has 1 heterocycles. The molecule has 3 aromatic rings. The van der Waals surface area contributed by atoms with Crippen LogP contribution in [0.2, 0.25) is 0 Å². The van der Waals surface area contributed by atoms with Crippen molar-refractivity contribution in [3.63, 3.8) is 0 Å². The highest BCUT2D eigenvalue weighted by Crippen LogP contribution is 2.24. The first-order valence-corrected chi connectivity index (χ1v) is 7.24. The summed E-state index contributed by atoms with van der Waals surface area (Å²) in [6.45, 7) is 0. The highest BCUT2D eigenvalue weighted by atomic mass is 16.5. The van der Waals surface area contributed by atoms with Crippen LogP contribution in [0.5, 0.6) is 17.2 Å². The van der Waals surface area contributed by atoms with E-state index in [1.165, 1.54) is 6.07 Å². The van der Waals surface area contributed by atoms with Gasteiger partial charge in [-0.3, -0.25) is 4.79 Å². The Balaban J connectivity index is 2.02. The third-order valence-electron chi connectivity index (χ3n) is 3.54. The minimum absolute atomic E-state index is 0.0312. The van der Waals surface area contributed by atoms with Crippen LogP contribution in [0.1, 0.15) is 11.4 Å². The lowest BCUT2D eigenvalue weighted by atomic mass is 10.2. The van der Waals surface area contributed by atoms with Crippen molar-refractivity contribution in [3.05, 3.63) is 58.1 Å². The molecule has 0 spiro atoms. The standard InChI is InChI=1S/C18H16N2O4/c1-23-12-8-11(9-13(10-12)24-2)6-7-16-19-17-14(18(22)20-16)4-3-5-15(17)21/h3-10,21H,1-2H3,(H,19,20,22)/b7-6+. The van der Waals surface area contributed by atoms with Crippen LogP contribution < -0.4 is 15.0 Å². The van der Waals surface area contributed by atoms with Gasteiger partial charge in [0, 0.05) is 6.07 Å². The highest BCUT2D eigenvalue weighted by molar-refractivity contribution is 5.84. The molecule has 6 heteroatoms. The molecule has 6 nitrogen and oxygen atoms in total. The molecule has 0 atom stereocenters. The van der Waals surface area contributed by atoms with Crippen LogP contribution in [0, 0.1) is 0 Å². The Hall–Kier alpha value is -3.28. The molecular weight excluding hydrogens is 308 g/mol. The van der Waals surface area contributed by atoms with Gasteiger partial charge in [-0.2, -0.15) is 0 Å². The van der Waals surface area contributed by atoms with E-state index in [9.17, 15) is 9.90 Å². The number of hydrogen-bond donors (Lipinski definition) is 2. The van der Waals surface area contributed by atoms with Crippen molar-refractivity contribution in [2.75, 3.05) is 14.2 Å². The number of para-hydroxylation sites is 1. The number of hydrogen-bond acceptors (Lipinski definition) is 5. The highest BCUT2D eigenvalue weighted by Gasteiger charge is 2.06. The number of aromatic hydroxyl groups is 1. The van der Waals surface area contributed by atoms with Gasteiger partial charge >= 0.3 is 0 Å². The Morgan fingerprint density at radius 2 is 1.79 bits per heavy atom. The topological polar surface area (TPSA) is 84.4 Å². The van der Waals surface area contributed by atoms with Crippen LogP contribution in [-0.2, 0) is 0 Å². The maximum absolute atomic E-state index is 12.1. The summed E-state index contributed by atoms with van der Waals surface area (Å²) in [6.07, 6.45) is 3.43. The van der Waals surface area contributed by atoms with Crippen LogP contribution in [0.15, 0.2) is 41.2 Å². The normalized spacial score (nSPS) is 11.1. The van der Waals surface area contributed by atoms with Crippen molar-refractivity contribution in [2.24, 2.45) is 0 Å². The van der Waals surface area contributed by atoms with Gasteiger partial charge in [-0.05, 0) is 35.9 Å². The molecule has 0 unspecified atom stereocenters. The quantitative estimate of drug-likeness (QED) is 0.771. The van der Waals surface area contributed by atoms with Crippen LogP contribution in [0.3, 0.4) is 0 Å². The zero-order valence-electron chi connectivity index (χ0n) is 13.2. The number of ether oxygens (including phenoxy) is 2. The van der Waals surface area contributed by atoms with Crippen molar-refractivity contribution in [1.82, 2.24) is 9.97 Å². The van der Waals surface area contributed by atoms with Gasteiger partial charge in [0.1, 0.15) is 28.6 Å². The molecule has 0 aliphatic rings. The first-order valence-electron chi connectivity index (χ1n) is 7.24. The number of phenols is 1. The second-order valence-corrected chi connectivity index (χ2v) is 5.10. The smallest absolute Gasteiger partial charge is 0.259 e. The molecule has 0 aliphatic heterocycles. The maximum Gasteiger partial charge on any atom is 0.259 e. The van der Waals surface area contributed by atoms with Crippen molar-refractivity contribution in [2.45, 2.75) is 0 Å². The van der Waals surface area contributed by atoms with Crippen LogP contribution >= 0.6 is 0 Å². The summed E-state index contributed by atoms with van der Waals surface area (Å²) < 4.78 is 10.4. The van der Waals surface area contributed by atoms with Crippen LogP contribution in [0.4, 0.5) is 0 Å². The average molecular weight is 324 g/mol. The van der Waals surface area contributed by atoms with Gasteiger partial charge in [0.25, 0.3) is 5.56 Å². The molecule has 0 fully saturated rings. The first-order chi connectivity index (χ1) is 11.6. The van der Waals surface area contributed by atoms with Gasteiger partial charge in [-0.15, -0.1) is 0 Å². The summed E-state index contributed by atoms with van der Waals surface area (Å²) in [5, 5.41) is 10.2. The lowest BCUT2D eigenvalue weighted by molar-refractivity contribution is 0.394. The van der Waals surface area contributed by atoms with E-state index in [1.54, 1.807) is 44.6 Å². The van der Waals surface area contributed by atoms with Gasteiger partial charge in [0.2, 0.25) is 0 Å². The number of aromatic amines is 1. The van der Waals surface area contributed by atoms with Gasteiger partial charge < -0.3 is 19.6 Å². The predicted molar refractivity (Wildman–Crippen MR) is 92.5 cm³/mol. The zero-order chi connectivity index (χ0) is 17.1. The monoisotopic (exact) mass is 324 g/mol. The lowest BCUT2D eigenvalue weighted by Gasteiger charge is -2.06. The van der Waals surface area contributed by atoms with Crippen LogP contribution in [0.25, 0.3) is 23.1 Å². The molecule has 2 aromatic carbocycles. The number of aromatic nitrogens is 2. The van der Waals surface area contributed by atoms with E-state index in [0.717, 1.165) is 5.56 Å². The van der Waals surface area contributed by atoms with E-state index in [2.05, 4.69) is 9.97 Å². The van der Waals surface area contributed by atoms with E-state index in [-0.39, 0.29) is 16.8 Å².